The molecule has 0 aromatic carbocycles. The summed E-state index contributed by atoms with van der Waals surface area (Å²) in [5, 5.41) is 8.94. The van der Waals surface area contributed by atoms with Crippen LogP contribution in [0.5, 0.6) is 0 Å². The summed E-state index contributed by atoms with van der Waals surface area (Å²) in [5.41, 5.74) is 0.0154. The van der Waals surface area contributed by atoms with Crippen LogP contribution in [0.1, 0.15) is 26.7 Å². The molecule has 0 saturated heterocycles. The molecule has 0 rings (SSSR count). The molecule has 6 heteroatoms. The van der Waals surface area contributed by atoms with Crippen molar-refractivity contribution >= 4 is 24.9 Å². The number of carboxylic acids is 1. The molecule has 0 heterocycles. The Labute approximate surface area is 107 Å². The quantitative estimate of drug-likeness (QED) is 0.311. The Hall–Kier alpha value is -0.310. The molecule has 0 saturated carbocycles. The van der Waals surface area contributed by atoms with Crippen LogP contribution in [0, 0.1) is 5.92 Å². The molecule has 0 aliphatic heterocycles. The highest BCUT2D eigenvalue weighted by Gasteiger charge is 2.24. The van der Waals surface area contributed by atoms with Crippen LogP contribution in [0.25, 0.3) is 0 Å². The predicted molar refractivity (Wildman–Crippen MR) is 70.1 cm³/mol. The number of hydrogen-bond acceptors (Lipinski definition) is 2. The average molecular weight is 283 g/mol. The summed E-state index contributed by atoms with van der Waals surface area (Å²) in [6.07, 6.45) is 2.56. The van der Waals surface area contributed by atoms with Crippen molar-refractivity contribution in [1.29, 1.82) is 0 Å². The zero-order valence-corrected chi connectivity index (χ0v) is 11.9. The first-order valence-corrected chi connectivity index (χ1v) is 8.14. The van der Waals surface area contributed by atoms with Gasteiger partial charge in [-0.25, -0.2) is 4.79 Å². The molecule has 0 bridgehead atoms. The average Bonchev–Trinajstić information content (AvgIpc) is 2.13. The number of carbonyl (C=O) groups is 1. The van der Waals surface area contributed by atoms with Crippen molar-refractivity contribution in [1.82, 2.24) is 0 Å². The molecular formula is C11H20ClO4P. The smallest absolute Gasteiger partial charge is 0.331 e. The van der Waals surface area contributed by atoms with Gasteiger partial charge in [0.1, 0.15) is 0 Å². The van der Waals surface area contributed by atoms with Gasteiger partial charge in [-0.05, 0) is 18.8 Å². The van der Waals surface area contributed by atoms with Gasteiger partial charge in [-0.15, -0.1) is 11.6 Å². The third kappa shape index (κ3) is 8.42. The lowest BCUT2D eigenvalue weighted by atomic mass is 10.2. The van der Waals surface area contributed by atoms with Crippen LogP contribution >= 0.6 is 19.0 Å². The van der Waals surface area contributed by atoms with Gasteiger partial charge < -0.3 is 10.00 Å². The molecule has 0 radical (unpaired) electrons. The fourth-order valence-electron chi connectivity index (χ4n) is 1.47. The second kappa shape index (κ2) is 7.91. The first kappa shape index (κ1) is 16.7. The highest BCUT2D eigenvalue weighted by atomic mass is 35.5. The number of allylic oxidation sites excluding steroid dienone is 1. The number of alkyl halides is 1. The summed E-state index contributed by atoms with van der Waals surface area (Å²) in [5.74, 6) is -0.604. The van der Waals surface area contributed by atoms with Crippen molar-refractivity contribution in [3.05, 3.63) is 11.6 Å². The molecule has 0 aromatic heterocycles. The molecule has 0 aliphatic carbocycles. The van der Waals surface area contributed by atoms with Gasteiger partial charge in [0.2, 0.25) is 7.37 Å². The molecule has 17 heavy (non-hydrogen) atoms. The maximum atomic E-state index is 11.8. The predicted octanol–water partition coefficient (Wildman–Crippen LogP) is 2.94. The van der Waals surface area contributed by atoms with Crippen molar-refractivity contribution in [3.8, 4) is 0 Å². The van der Waals surface area contributed by atoms with E-state index in [-0.39, 0.29) is 23.8 Å². The van der Waals surface area contributed by atoms with Crippen LogP contribution in [-0.2, 0) is 9.36 Å². The van der Waals surface area contributed by atoms with Gasteiger partial charge in [-0.2, -0.15) is 0 Å². The minimum absolute atomic E-state index is 0.0154. The number of hydrogen-bond donors (Lipinski definition) is 2. The lowest BCUT2D eigenvalue weighted by molar-refractivity contribution is -0.132. The normalized spacial score (nSPS) is 15.9. The molecule has 0 aliphatic rings. The summed E-state index contributed by atoms with van der Waals surface area (Å²) in [6.45, 7) is 3.67. The number of unbranched alkanes of at least 4 members (excludes halogenated alkanes) is 1. The van der Waals surface area contributed by atoms with Crippen LogP contribution in [0.4, 0.5) is 0 Å². The van der Waals surface area contributed by atoms with E-state index in [2.05, 4.69) is 0 Å². The number of carboxylic acid groups (broad SMARTS) is 1. The van der Waals surface area contributed by atoms with Gasteiger partial charge in [0.15, 0.2) is 0 Å². The molecule has 4 nitrogen and oxygen atoms in total. The Morgan fingerprint density at radius 2 is 2.06 bits per heavy atom. The highest BCUT2D eigenvalue weighted by Crippen LogP contribution is 2.44. The van der Waals surface area contributed by atoms with E-state index in [0.717, 1.165) is 0 Å². The van der Waals surface area contributed by atoms with Crippen molar-refractivity contribution < 1.29 is 19.4 Å². The molecule has 100 valence electrons. The van der Waals surface area contributed by atoms with Gasteiger partial charge in [0.25, 0.3) is 0 Å². The maximum Gasteiger partial charge on any atom is 0.331 e. The summed E-state index contributed by atoms with van der Waals surface area (Å²) in [7, 11) is -3.39. The summed E-state index contributed by atoms with van der Waals surface area (Å²) in [6, 6.07) is 0. The van der Waals surface area contributed by atoms with Crippen LogP contribution in [-0.4, -0.2) is 34.2 Å². The summed E-state index contributed by atoms with van der Waals surface area (Å²) in [4.78, 5) is 20.6. The van der Waals surface area contributed by atoms with Gasteiger partial charge in [0, 0.05) is 17.6 Å². The van der Waals surface area contributed by atoms with Gasteiger partial charge in [0.05, 0.1) is 6.16 Å². The monoisotopic (exact) mass is 282 g/mol. The van der Waals surface area contributed by atoms with Gasteiger partial charge in [-0.1, -0.05) is 19.9 Å². The van der Waals surface area contributed by atoms with E-state index in [0.29, 0.717) is 18.7 Å². The van der Waals surface area contributed by atoms with Crippen molar-refractivity contribution in [3.63, 3.8) is 0 Å². The molecule has 1 atom stereocenters. The zero-order chi connectivity index (χ0) is 13.5. The first-order valence-electron chi connectivity index (χ1n) is 5.57. The molecule has 0 amide bonds. The van der Waals surface area contributed by atoms with E-state index in [1.54, 1.807) is 0 Å². The van der Waals surface area contributed by atoms with Gasteiger partial charge in [-0.3, -0.25) is 4.57 Å². The highest BCUT2D eigenvalue weighted by molar-refractivity contribution is 7.58. The standard InChI is InChI=1S/C11H20ClO4P/c1-9(2)7-17(15,16)8-10(11(13)14)5-3-4-6-12/h5,9H,3-4,6-8H2,1-2H3,(H,13,14)(H,15,16)/b10-5+. The molecule has 0 aromatic rings. The fourth-order valence-corrected chi connectivity index (χ4v) is 3.70. The maximum absolute atomic E-state index is 11.8. The molecule has 2 N–H and O–H groups in total. The van der Waals surface area contributed by atoms with E-state index in [1.807, 2.05) is 13.8 Å². The van der Waals surface area contributed by atoms with E-state index in [9.17, 15) is 14.3 Å². The van der Waals surface area contributed by atoms with Crippen LogP contribution in [0.3, 0.4) is 0 Å². The number of rotatable bonds is 8. The number of halogens is 1. The van der Waals surface area contributed by atoms with Crippen LogP contribution in [0.15, 0.2) is 11.6 Å². The third-order valence-corrected chi connectivity index (χ3v) is 4.47. The second-order valence-electron chi connectivity index (χ2n) is 4.45. The third-order valence-electron chi connectivity index (χ3n) is 2.07. The molecule has 0 fully saturated rings. The van der Waals surface area contributed by atoms with Crippen molar-refractivity contribution in [2.45, 2.75) is 26.7 Å². The van der Waals surface area contributed by atoms with Crippen molar-refractivity contribution in [2.24, 2.45) is 5.92 Å². The lowest BCUT2D eigenvalue weighted by Gasteiger charge is -2.14. The van der Waals surface area contributed by atoms with E-state index in [1.165, 1.54) is 6.08 Å². The van der Waals surface area contributed by atoms with E-state index < -0.39 is 13.3 Å². The fraction of sp³-hybridized carbons (Fsp3) is 0.727. The van der Waals surface area contributed by atoms with Crippen LogP contribution < -0.4 is 0 Å². The van der Waals surface area contributed by atoms with E-state index in [4.69, 9.17) is 16.7 Å². The summed E-state index contributed by atoms with van der Waals surface area (Å²) < 4.78 is 11.8. The van der Waals surface area contributed by atoms with Crippen LogP contribution in [0.2, 0.25) is 0 Å². The number of aliphatic carboxylic acids is 1. The lowest BCUT2D eigenvalue weighted by Crippen LogP contribution is -2.09. The first-order chi connectivity index (χ1) is 7.78. The molecule has 0 spiro atoms. The van der Waals surface area contributed by atoms with Crippen molar-refractivity contribution in [2.75, 3.05) is 18.2 Å². The Morgan fingerprint density at radius 3 is 2.47 bits per heavy atom. The Morgan fingerprint density at radius 1 is 1.47 bits per heavy atom. The Kier molecular flexibility index (Phi) is 7.77. The minimum atomic E-state index is -3.39. The Balaban J connectivity index is 4.59. The molecule has 1 unspecified atom stereocenters. The largest absolute Gasteiger partial charge is 0.478 e. The zero-order valence-electron chi connectivity index (χ0n) is 10.2. The minimum Gasteiger partial charge on any atom is -0.478 e. The SMILES string of the molecule is CC(C)CP(=O)(O)C/C(=C\CCCCl)C(=O)O. The van der Waals surface area contributed by atoms with Gasteiger partial charge >= 0.3 is 5.97 Å². The second-order valence-corrected chi connectivity index (χ2v) is 7.20. The summed E-state index contributed by atoms with van der Waals surface area (Å²) >= 11 is 5.49. The Bertz CT molecular complexity index is 325. The molecular weight excluding hydrogens is 263 g/mol. The topological polar surface area (TPSA) is 74.6 Å². The van der Waals surface area contributed by atoms with E-state index >= 15 is 0 Å².